The van der Waals surface area contributed by atoms with Gasteiger partial charge in [-0.05, 0) is 41.7 Å². The molecule has 1 unspecified atom stereocenters. The molecule has 5 nitrogen and oxygen atoms in total. The number of carbonyl (C=O) groups is 1. The average molecular weight is 335 g/mol. The van der Waals surface area contributed by atoms with E-state index >= 15 is 0 Å². The predicted octanol–water partition coefficient (Wildman–Crippen LogP) is 4.01. The number of Topliss-reactive ketones (excluding diaryl/α,β-unsaturated/α-hetero) is 1. The number of hydrogen-bond acceptors (Lipinski definition) is 5. The molecular formula is C20H21N3O2. The number of pyridine rings is 1. The summed E-state index contributed by atoms with van der Waals surface area (Å²) in [5.41, 5.74) is 3.91. The first-order valence-electron chi connectivity index (χ1n) is 8.46. The third-order valence-electron chi connectivity index (χ3n) is 4.87. The molecule has 2 aromatic rings. The summed E-state index contributed by atoms with van der Waals surface area (Å²) in [6, 6.07) is 8.92. The molecule has 0 fully saturated rings. The molecule has 0 radical (unpaired) electrons. The van der Waals surface area contributed by atoms with Gasteiger partial charge in [0.2, 0.25) is 0 Å². The minimum Gasteiger partial charge on any atom is -0.506 e. The van der Waals surface area contributed by atoms with E-state index in [1.54, 1.807) is 24.5 Å². The monoisotopic (exact) mass is 335 g/mol. The molecule has 2 aliphatic rings. The molecule has 2 heterocycles. The van der Waals surface area contributed by atoms with Crippen LogP contribution in [0.25, 0.3) is 0 Å². The van der Waals surface area contributed by atoms with Crippen molar-refractivity contribution < 1.29 is 9.90 Å². The minimum atomic E-state index is -0.267. The van der Waals surface area contributed by atoms with Crippen LogP contribution in [0.2, 0.25) is 0 Å². The number of para-hydroxylation sites is 1. The van der Waals surface area contributed by atoms with Crippen molar-refractivity contribution in [2.45, 2.75) is 32.7 Å². The molecule has 1 aromatic heterocycles. The van der Waals surface area contributed by atoms with Crippen molar-refractivity contribution in [1.82, 2.24) is 4.98 Å². The van der Waals surface area contributed by atoms with E-state index in [2.05, 4.69) is 29.5 Å². The van der Waals surface area contributed by atoms with Gasteiger partial charge in [0.05, 0.1) is 11.7 Å². The summed E-state index contributed by atoms with van der Waals surface area (Å²) >= 11 is 0. The minimum absolute atomic E-state index is 0.111. The summed E-state index contributed by atoms with van der Waals surface area (Å²) in [6.45, 7) is 4.20. The molecule has 1 aromatic carbocycles. The number of phenolic OH excluding ortho intramolecular Hbond substituents is 1. The molecule has 1 aliphatic carbocycles. The summed E-state index contributed by atoms with van der Waals surface area (Å²) in [7, 11) is 0. The Balaban J connectivity index is 1.91. The topological polar surface area (TPSA) is 74.2 Å². The first-order valence-corrected chi connectivity index (χ1v) is 8.46. The highest BCUT2D eigenvalue weighted by Crippen LogP contribution is 2.47. The average Bonchev–Trinajstić information content (AvgIpc) is 2.72. The SMILES string of the molecule is CC1(C)CC(=O)C2=C(C1)Nc1c(O)cccc1NC2c1ccncc1. The zero-order chi connectivity index (χ0) is 17.6. The molecule has 25 heavy (non-hydrogen) atoms. The normalized spacial score (nSPS) is 21.5. The smallest absolute Gasteiger partial charge is 0.163 e. The maximum Gasteiger partial charge on any atom is 0.163 e. The van der Waals surface area contributed by atoms with Crippen LogP contribution in [0.3, 0.4) is 0 Å². The van der Waals surface area contributed by atoms with Crippen molar-refractivity contribution in [2.24, 2.45) is 5.41 Å². The summed E-state index contributed by atoms with van der Waals surface area (Å²) in [6.07, 6.45) is 4.73. The van der Waals surface area contributed by atoms with Crippen molar-refractivity contribution in [3.63, 3.8) is 0 Å². The summed E-state index contributed by atoms with van der Waals surface area (Å²) < 4.78 is 0. The van der Waals surface area contributed by atoms with E-state index in [0.717, 1.165) is 28.9 Å². The van der Waals surface area contributed by atoms with E-state index in [1.165, 1.54) is 0 Å². The molecule has 5 heteroatoms. The number of nitrogens with zero attached hydrogens (tertiary/aromatic N) is 1. The molecule has 0 saturated heterocycles. The van der Waals surface area contributed by atoms with Gasteiger partial charge in [0.1, 0.15) is 11.4 Å². The molecule has 128 valence electrons. The van der Waals surface area contributed by atoms with Crippen LogP contribution in [0.5, 0.6) is 5.75 Å². The van der Waals surface area contributed by atoms with Crippen LogP contribution in [-0.4, -0.2) is 15.9 Å². The molecule has 1 atom stereocenters. The van der Waals surface area contributed by atoms with Crippen LogP contribution < -0.4 is 10.6 Å². The van der Waals surface area contributed by atoms with Gasteiger partial charge in [0, 0.05) is 30.1 Å². The molecule has 0 saturated carbocycles. The zero-order valence-corrected chi connectivity index (χ0v) is 14.3. The number of fused-ring (bicyclic) bond motifs is 1. The van der Waals surface area contributed by atoms with Crippen molar-refractivity contribution in [3.05, 3.63) is 59.6 Å². The van der Waals surface area contributed by atoms with Gasteiger partial charge in [0.25, 0.3) is 0 Å². The fraction of sp³-hybridized carbons (Fsp3) is 0.300. The van der Waals surface area contributed by atoms with Crippen molar-refractivity contribution >= 4 is 17.2 Å². The Kier molecular flexibility index (Phi) is 3.53. The largest absolute Gasteiger partial charge is 0.506 e. The molecule has 1 aliphatic heterocycles. The Morgan fingerprint density at radius 1 is 1.16 bits per heavy atom. The van der Waals surface area contributed by atoms with Crippen LogP contribution in [0.15, 0.2) is 54.0 Å². The Morgan fingerprint density at radius 3 is 2.68 bits per heavy atom. The fourth-order valence-corrected chi connectivity index (χ4v) is 3.76. The lowest BCUT2D eigenvalue weighted by atomic mass is 9.73. The second-order valence-corrected chi connectivity index (χ2v) is 7.52. The van der Waals surface area contributed by atoms with Gasteiger partial charge in [-0.2, -0.15) is 0 Å². The van der Waals surface area contributed by atoms with Crippen LogP contribution >= 0.6 is 0 Å². The van der Waals surface area contributed by atoms with E-state index in [0.29, 0.717) is 12.1 Å². The number of allylic oxidation sites excluding steroid dienone is 1. The quantitative estimate of drug-likeness (QED) is 0.687. The molecule has 4 rings (SSSR count). The highest BCUT2D eigenvalue weighted by molar-refractivity contribution is 6.01. The predicted molar refractivity (Wildman–Crippen MR) is 97.4 cm³/mol. The highest BCUT2D eigenvalue weighted by Gasteiger charge is 2.39. The first kappa shape index (κ1) is 15.7. The van der Waals surface area contributed by atoms with Gasteiger partial charge < -0.3 is 15.7 Å². The lowest BCUT2D eigenvalue weighted by Gasteiger charge is -2.34. The molecule has 0 bridgehead atoms. The maximum absolute atomic E-state index is 13.0. The standard InChI is InChI=1S/C20H21N3O2/c1-20(2)10-14-17(16(25)11-20)18(12-6-8-21-9-7-12)22-13-4-3-5-15(24)19(13)23-14/h3-9,18,22-24H,10-11H2,1-2H3. The first-order chi connectivity index (χ1) is 11.9. The van der Waals surface area contributed by atoms with Crippen molar-refractivity contribution in [2.75, 3.05) is 10.6 Å². The second kappa shape index (κ2) is 5.62. The second-order valence-electron chi connectivity index (χ2n) is 7.52. The molecule has 0 spiro atoms. The van der Waals surface area contributed by atoms with E-state index in [1.807, 2.05) is 18.2 Å². The lowest BCUT2D eigenvalue weighted by Crippen LogP contribution is -2.31. The van der Waals surface area contributed by atoms with Crippen molar-refractivity contribution in [1.29, 1.82) is 0 Å². The number of benzene rings is 1. The Morgan fingerprint density at radius 2 is 1.92 bits per heavy atom. The van der Waals surface area contributed by atoms with Crippen LogP contribution in [-0.2, 0) is 4.79 Å². The third-order valence-corrected chi connectivity index (χ3v) is 4.87. The van der Waals surface area contributed by atoms with Gasteiger partial charge in [0.15, 0.2) is 5.78 Å². The summed E-state index contributed by atoms with van der Waals surface area (Å²) in [5, 5.41) is 17.1. The number of ketones is 1. The maximum atomic E-state index is 13.0. The summed E-state index contributed by atoms with van der Waals surface area (Å²) in [5.74, 6) is 0.309. The van der Waals surface area contributed by atoms with Gasteiger partial charge in [-0.3, -0.25) is 9.78 Å². The molecule has 3 N–H and O–H groups in total. The van der Waals surface area contributed by atoms with Crippen LogP contribution in [0.1, 0.15) is 38.3 Å². The molecular weight excluding hydrogens is 314 g/mol. The number of hydrogen-bond donors (Lipinski definition) is 3. The highest BCUT2D eigenvalue weighted by atomic mass is 16.3. The third kappa shape index (κ3) is 2.76. The number of nitrogens with one attached hydrogen (secondary N) is 2. The Hall–Kier alpha value is -2.82. The van der Waals surface area contributed by atoms with E-state index in [9.17, 15) is 9.90 Å². The summed E-state index contributed by atoms with van der Waals surface area (Å²) in [4.78, 5) is 17.1. The van der Waals surface area contributed by atoms with Gasteiger partial charge in [-0.15, -0.1) is 0 Å². The number of rotatable bonds is 1. The van der Waals surface area contributed by atoms with Gasteiger partial charge in [-0.25, -0.2) is 0 Å². The van der Waals surface area contributed by atoms with Crippen molar-refractivity contribution in [3.8, 4) is 5.75 Å². The van der Waals surface area contributed by atoms with E-state index < -0.39 is 0 Å². The van der Waals surface area contributed by atoms with Crippen LogP contribution in [0, 0.1) is 5.41 Å². The Bertz CT molecular complexity index is 872. The number of phenols is 1. The van der Waals surface area contributed by atoms with Gasteiger partial charge >= 0.3 is 0 Å². The molecule has 0 amide bonds. The number of aromatic nitrogens is 1. The lowest BCUT2D eigenvalue weighted by molar-refractivity contribution is -0.118. The van der Waals surface area contributed by atoms with E-state index in [4.69, 9.17) is 0 Å². The number of anilines is 2. The number of carbonyl (C=O) groups excluding carboxylic acids is 1. The zero-order valence-electron chi connectivity index (χ0n) is 14.3. The Labute approximate surface area is 146 Å². The van der Waals surface area contributed by atoms with E-state index in [-0.39, 0.29) is 23.0 Å². The van der Waals surface area contributed by atoms with Crippen LogP contribution in [0.4, 0.5) is 11.4 Å². The number of aromatic hydroxyl groups is 1. The fourth-order valence-electron chi connectivity index (χ4n) is 3.76. The van der Waals surface area contributed by atoms with Gasteiger partial charge in [-0.1, -0.05) is 19.9 Å².